The Balaban J connectivity index is 1.55. The lowest BCUT2D eigenvalue weighted by Crippen LogP contribution is -2.26. The first-order valence-electron chi connectivity index (χ1n) is 11.1. The highest BCUT2D eigenvalue weighted by Crippen LogP contribution is 2.28. The minimum absolute atomic E-state index is 0.201. The van der Waals surface area contributed by atoms with E-state index in [2.05, 4.69) is 10.4 Å². The molecule has 2 heterocycles. The Morgan fingerprint density at radius 1 is 0.971 bits per heavy atom. The molecule has 3 N–H and O–H groups in total. The number of rotatable bonds is 6. The van der Waals surface area contributed by atoms with Crippen LogP contribution in [0.3, 0.4) is 0 Å². The molecule has 0 saturated carbocycles. The van der Waals surface area contributed by atoms with Gasteiger partial charge in [-0.05, 0) is 42.2 Å². The van der Waals surface area contributed by atoms with E-state index in [1.54, 1.807) is 6.21 Å². The second-order valence-corrected chi connectivity index (χ2v) is 8.05. The van der Waals surface area contributed by atoms with Crippen LogP contribution < -0.4 is 11.1 Å². The number of nitrogens with two attached hydrogens (primary N) is 1. The maximum Gasteiger partial charge on any atom is 0.257 e. The number of fused-ring (bicyclic) bond motifs is 2. The molecule has 1 amide bonds. The van der Waals surface area contributed by atoms with Crippen molar-refractivity contribution >= 4 is 40.1 Å². The zero-order valence-corrected chi connectivity index (χ0v) is 18.8. The van der Waals surface area contributed by atoms with Crippen molar-refractivity contribution in [3.63, 3.8) is 0 Å². The number of aromatic nitrogens is 3. The Hall–Kier alpha value is -4.52. The summed E-state index contributed by atoms with van der Waals surface area (Å²) in [5.74, 6) is -0.0970. The summed E-state index contributed by atoms with van der Waals surface area (Å²) in [6.45, 7) is 2.49. The van der Waals surface area contributed by atoms with Crippen molar-refractivity contribution in [2.24, 2.45) is 5.10 Å². The number of nitrogens with one attached hydrogen (secondary N) is 1. The molecular weight excluding hydrogens is 424 g/mol. The number of nitrogens with zero attached hydrogens (tertiary/aromatic N) is 4. The summed E-state index contributed by atoms with van der Waals surface area (Å²) in [5, 5.41) is 7.56. The number of anilines is 1. The molecule has 0 fully saturated rings. The van der Waals surface area contributed by atoms with Gasteiger partial charge in [0.25, 0.3) is 5.91 Å². The molecule has 0 radical (unpaired) electrons. The van der Waals surface area contributed by atoms with Gasteiger partial charge in [-0.3, -0.25) is 4.79 Å². The molecule has 0 bridgehead atoms. The van der Waals surface area contributed by atoms with Crippen LogP contribution in [0.1, 0.15) is 27.0 Å². The van der Waals surface area contributed by atoms with Crippen LogP contribution in [0.2, 0.25) is 0 Å². The Morgan fingerprint density at radius 2 is 1.65 bits per heavy atom. The highest BCUT2D eigenvalue weighted by molar-refractivity contribution is 6.10. The van der Waals surface area contributed by atoms with Crippen molar-refractivity contribution < 1.29 is 4.79 Å². The molecule has 0 aliphatic heterocycles. The van der Waals surface area contributed by atoms with E-state index >= 15 is 0 Å². The third-order valence-electron chi connectivity index (χ3n) is 5.74. The molecule has 7 heteroatoms. The van der Waals surface area contributed by atoms with E-state index in [-0.39, 0.29) is 17.3 Å². The molecule has 5 aromatic rings. The molecule has 3 aromatic carbocycles. The summed E-state index contributed by atoms with van der Waals surface area (Å²) < 4.78 is 1.49. The number of hydrogen-bond donors (Lipinski definition) is 2. The lowest BCUT2D eigenvalue weighted by atomic mass is 10.1. The average molecular weight is 449 g/mol. The standard InChI is InChI=1S/C27H24N6O/c1-18-9-5-6-12-20(18)17-30-33-25(28)23(27(34)29-16-15-19-10-3-2-4-11-19)24-26(33)32-22-14-8-7-13-21(22)31-24/h2-14,17H,15-16,28H2,1H3,(H,29,34)/b30-17-. The predicted octanol–water partition coefficient (Wildman–Crippen LogP) is 4.33. The summed E-state index contributed by atoms with van der Waals surface area (Å²) in [6, 6.07) is 25.4. The van der Waals surface area contributed by atoms with Crippen LogP contribution in [-0.2, 0) is 6.42 Å². The Morgan fingerprint density at radius 3 is 2.41 bits per heavy atom. The largest absolute Gasteiger partial charge is 0.383 e. The average Bonchev–Trinajstić information content (AvgIpc) is 3.12. The molecule has 0 aliphatic rings. The molecule has 0 spiro atoms. The van der Waals surface area contributed by atoms with Crippen LogP contribution in [-0.4, -0.2) is 33.3 Å². The summed E-state index contributed by atoms with van der Waals surface area (Å²) in [6.07, 6.45) is 2.43. The Kier molecular flexibility index (Phi) is 5.74. The number of amides is 1. The van der Waals surface area contributed by atoms with Gasteiger partial charge in [0, 0.05) is 6.54 Å². The second kappa shape index (κ2) is 9.15. The number of hydrogen-bond acceptors (Lipinski definition) is 5. The molecule has 168 valence electrons. The van der Waals surface area contributed by atoms with Crippen LogP contribution in [0.15, 0.2) is 84.0 Å². The minimum atomic E-state index is -0.298. The lowest BCUT2D eigenvalue weighted by Gasteiger charge is -2.06. The highest BCUT2D eigenvalue weighted by Gasteiger charge is 2.24. The minimum Gasteiger partial charge on any atom is -0.383 e. The molecule has 0 unspecified atom stereocenters. The fourth-order valence-corrected chi connectivity index (χ4v) is 3.89. The number of aryl methyl sites for hydroxylation is 1. The first-order chi connectivity index (χ1) is 16.6. The third-order valence-corrected chi connectivity index (χ3v) is 5.74. The quantitative estimate of drug-likeness (QED) is 0.378. The van der Waals surface area contributed by atoms with Gasteiger partial charge in [-0.15, -0.1) is 0 Å². The second-order valence-electron chi connectivity index (χ2n) is 8.05. The highest BCUT2D eigenvalue weighted by atomic mass is 16.1. The summed E-state index contributed by atoms with van der Waals surface area (Å²) in [4.78, 5) is 22.7. The molecular formula is C27H24N6O. The van der Waals surface area contributed by atoms with Gasteiger partial charge in [0.05, 0.1) is 17.2 Å². The SMILES string of the molecule is Cc1ccccc1/C=N\n1c(N)c(C(=O)NCCc2ccccc2)c2nc3ccccc3nc21. The molecule has 0 saturated heterocycles. The molecule has 7 nitrogen and oxygen atoms in total. The normalized spacial score (nSPS) is 11.4. The van der Waals surface area contributed by atoms with Gasteiger partial charge >= 0.3 is 0 Å². The Labute approximate surface area is 197 Å². The molecule has 2 aromatic heterocycles. The van der Waals surface area contributed by atoms with Gasteiger partial charge in [-0.25, -0.2) is 9.97 Å². The smallest absolute Gasteiger partial charge is 0.257 e. The summed E-state index contributed by atoms with van der Waals surface area (Å²) in [7, 11) is 0. The summed E-state index contributed by atoms with van der Waals surface area (Å²) >= 11 is 0. The number of carbonyl (C=O) groups is 1. The van der Waals surface area contributed by atoms with E-state index in [9.17, 15) is 4.79 Å². The molecule has 0 atom stereocenters. The fourth-order valence-electron chi connectivity index (χ4n) is 3.89. The van der Waals surface area contributed by atoms with Gasteiger partial charge in [-0.1, -0.05) is 66.7 Å². The number of para-hydroxylation sites is 2. The van der Waals surface area contributed by atoms with E-state index in [4.69, 9.17) is 15.7 Å². The van der Waals surface area contributed by atoms with E-state index in [0.29, 0.717) is 35.2 Å². The first kappa shape index (κ1) is 21.3. The molecule has 5 rings (SSSR count). The fraction of sp³-hybridized carbons (Fsp3) is 0.111. The predicted molar refractivity (Wildman–Crippen MR) is 136 cm³/mol. The van der Waals surface area contributed by atoms with Crippen LogP contribution in [0.25, 0.3) is 22.2 Å². The van der Waals surface area contributed by atoms with Gasteiger partial charge < -0.3 is 11.1 Å². The van der Waals surface area contributed by atoms with E-state index in [0.717, 1.165) is 16.7 Å². The topological polar surface area (TPSA) is 98.2 Å². The van der Waals surface area contributed by atoms with E-state index in [1.807, 2.05) is 85.8 Å². The van der Waals surface area contributed by atoms with Crippen LogP contribution in [0, 0.1) is 6.92 Å². The van der Waals surface area contributed by atoms with Gasteiger partial charge in [0.1, 0.15) is 16.9 Å². The molecule has 34 heavy (non-hydrogen) atoms. The van der Waals surface area contributed by atoms with E-state index < -0.39 is 0 Å². The van der Waals surface area contributed by atoms with Crippen molar-refractivity contribution in [3.8, 4) is 0 Å². The monoisotopic (exact) mass is 448 g/mol. The number of nitrogen functional groups attached to an aromatic ring is 1. The van der Waals surface area contributed by atoms with Gasteiger partial charge in [-0.2, -0.15) is 9.78 Å². The maximum atomic E-state index is 13.2. The number of carbonyl (C=O) groups excluding carboxylic acids is 1. The molecule has 0 aliphatic carbocycles. The van der Waals surface area contributed by atoms with Crippen molar-refractivity contribution in [2.45, 2.75) is 13.3 Å². The zero-order valence-electron chi connectivity index (χ0n) is 18.8. The van der Waals surface area contributed by atoms with Crippen LogP contribution >= 0.6 is 0 Å². The van der Waals surface area contributed by atoms with Crippen molar-refractivity contribution in [1.29, 1.82) is 0 Å². The van der Waals surface area contributed by atoms with E-state index in [1.165, 1.54) is 4.68 Å². The van der Waals surface area contributed by atoms with Gasteiger partial charge in [0.15, 0.2) is 5.65 Å². The van der Waals surface area contributed by atoms with Crippen molar-refractivity contribution in [2.75, 3.05) is 12.3 Å². The zero-order chi connectivity index (χ0) is 23.5. The summed E-state index contributed by atoms with van der Waals surface area (Å²) in [5.41, 5.74) is 12.2. The van der Waals surface area contributed by atoms with Gasteiger partial charge in [0.2, 0.25) is 0 Å². The maximum absolute atomic E-state index is 13.2. The van der Waals surface area contributed by atoms with Crippen LogP contribution in [0.5, 0.6) is 0 Å². The third kappa shape index (κ3) is 4.11. The van der Waals surface area contributed by atoms with Crippen molar-refractivity contribution in [3.05, 3.63) is 101 Å². The lowest BCUT2D eigenvalue weighted by molar-refractivity contribution is 0.0956. The van der Waals surface area contributed by atoms with Crippen LogP contribution in [0.4, 0.5) is 5.82 Å². The van der Waals surface area contributed by atoms with Crippen molar-refractivity contribution in [1.82, 2.24) is 20.0 Å². The number of benzene rings is 3. The first-order valence-corrected chi connectivity index (χ1v) is 11.1. The Bertz CT molecular complexity index is 1520.